The van der Waals surface area contributed by atoms with Crippen LogP contribution in [0.1, 0.15) is 101 Å². The van der Waals surface area contributed by atoms with Crippen molar-refractivity contribution in [3.63, 3.8) is 0 Å². The number of aliphatic hydroxyl groups is 2. The standard InChI is InChI=1S/C23H37ClO2/c1-3-5-7-9-10-19-20(24)16-22(26)23(19)18-14-12-17(13-15-18)21(25)11-8-6-4-2/h12-15,19-23,25-26H,3-11,16H2,1-2H3/t19?,20-,21?,22-,23?/m1/s1. The van der Waals surface area contributed by atoms with Gasteiger partial charge in [-0.05, 0) is 36.3 Å². The second-order valence-electron chi connectivity index (χ2n) is 8.04. The SMILES string of the molecule is CCCCCCC1C(c2ccc(C(O)CCCCC)cc2)[C@H](O)C[C@H]1Cl. The fraction of sp³-hybridized carbons (Fsp3) is 0.739. The van der Waals surface area contributed by atoms with Gasteiger partial charge in [0.15, 0.2) is 0 Å². The van der Waals surface area contributed by atoms with Gasteiger partial charge in [0.2, 0.25) is 0 Å². The molecule has 148 valence electrons. The predicted octanol–water partition coefficient (Wildman–Crippen LogP) is 6.34. The summed E-state index contributed by atoms with van der Waals surface area (Å²) in [4.78, 5) is 0. The van der Waals surface area contributed by atoms with Crippen LogP contribution in [0.25, 0.3) is 0 Å². The van der Waals surface area contributed by atoms with Crippen molar-refractivity contribution in [3.8, 4) is 0 Å². The number of unbranched alkanes of at least 4 members (excludes halogenated alkanes) is 5. The molecule has 1 aliphatic rings. The third-order valence-corrected chi connectivity index (χ3v) is 6.49. The molecular weight excluding hydrogens is 344 g/mol. The third-order valence-electron chi connectivity index (χ3n) is 5.99. The molecule has 3 unspecified atom stereocenters. The first-order valence-corrected chi connectivity index (χ1v) is 11.1. The molecule has 0 aliphatic heterocycles. The Labute approximate surface area is 165 Å². The highest BCUT2D eigenvalue weighted by Crippen LogP contribution is 2.45. The largest absolute Gasteiger partial charge is 0.392 e. The maximum Gasteiger partial charge on any atom is 0.0790 e. The van der Waals surface area contributed by atoms with Gasteiger partial charge in [-0.25, -0.2) is 0 Å². The number of benzene rings is 1. The van der Waals surface area contributed by atoms with E-state index in [-0.39, 0.29) is 23.5 Å². The minimum atomic E-state index is -0.380. The molecular formula is C23H37ClO2. The van der Waals surface area contributed by atoms with Crippen LogP contribution >= 0.6 is 11.6 Å². The van der Waals surface area contributed by atoms with Crippen LogP contribution in [-0.2, 0) is 0 Å². The summed E-state index contributed by atoms with van der Waals surface area (Å²) in [6.07, 6.45) is 10.2. The van der Waals surface area contributed by atoms with Gasteiger partial charge in [-0.15, -0.1) is 11.6 Å². The van der Waals surface area contributed by atoms with Crippen LogP contribution in [0.4, 0.5) is 0 Å². The van der Waals surface area contributed by atoms with E-state index in [1.54, 1.807) is 0 Å². The summed E-state index contributed by atoms with van der Waals surface area (Å²) in [7, 11) is 0. The fourth-order valence-electron chi connectivity index (χ4n) is 4.39. The lowest BCUT2D eigenvalue weighted by Crippen LogP contribution is -2.19. The predicted molar refractivity (Wildman–Crippen MR) is 111 cm³/mol. The summed E-state index contributed by atoms with van der Waals surface area (Å²) in [5.41, 5.74) is 2.16. The molecule has 1 saturated carbocycles. The van der Waals surface area contributed by atoms with E-state index >= 15 is 0 Å². The molecule has 0 spiro atoms. The van der Waals surface area contributed by atoms with E-state index in [2.05, 4.69) is 26.0 Å². The van der Waals surface area contributed by atoms with Crippen LogP contribution in [0.3, 0.4) is 0 Å². The van der Waals surface area contributed by atoms with Gasteiger partial charge in [-0.2, -0.15) is 0 Å². The molecule has 1 aromatic carbocycles. The number of alkyl halides is 1. The number of aliphatic hydroxyl groups excluding tert-OH is 2. The second kappa shape index (κ2) is 11.3. The monoisotopic (exact) mass is 380 g/mol. The van der Waals surface area contributed by atoms with E-state index in [9.17, 15) is 10.2 Å². The van der Waals surface area contributed by atoms with E-state index in [0.29, 0.717) is 12.3 Å². The summed E-state index contributed by atoms with van der Waals surface area (Å²) in [5.74, 6) is 0.481. The molecule has 0 radical (unpaired) electrons. The highest BCUT2D eigenvalue weighted by molar-refractivity contribution is 6.21. The van der Waals surface area contributed by atoms with E-state index in [1.165, 1.54) is 44.1 Å². The Morgan fingerprint density at radius 2 is 1.65 bits per heavy atom. The van der Waals surface area contributed by atoms with E-state index < -0.39 is 0 Å². The summed E-state index contributed by atoms with van der Waals surface area (Å²) >= 11 is 6.58. The zero-order valence-corrected chi connectivity index (χ0v) is 17.3. The molecule has 0 heterocycles. The number of rotatable bonds is 11. The van der Waals surface area contributed by atoms with Gasteiger partial charge < -0.3 is 10.2 Å². The Morgan fingerprint density at radius 3 is 2.31 bits per heavy atom. The van der Waals surface area contributed by atoms with Crippen molar-refractivity contribution in [2.75, 3.05) is 0 Å². The van der Waals surface area contributed by atoms with Gasteiger partial charge >= 0.3 is 0 Å². The zero-order valence-electron chi connectivity index (χ0n) is 16.5. The smallest absolute Gasteiger partial charge is 0.0790 e. The summed E-state index contributed by atoms with van der Waals surface area (Å²) in [6, 6.07) is 8.27. The van der Waals surface area contributed by atoms with Crippen molar-refractivity contribution in [3.05, 3.63) is 35.4 Å². The molecule has 26 heavy (non-hydrogen) atoms. The molecule has 2 nitrogen and oxygen atoms in total. The van der Waals surface area contributed by atoms with Crippen LogP contribution in [0.2, 0.25) is 0 Å². The van der Waals surface area contributed by atoms with E-state index in [4.69, 9.17) is 11.6 Å². The molecule has 0 bridgehead atoms. The average molecular weight is 381 g/mol. The zero-order chi connectivity index (χ0) is 18.9. The number of hydrogen-bond acceptors (Lipinski definition) is 2. The van der Waals surface area contributed by atoms with E-state index in [0.717, 1.165) is 24.8 Å². The molecule has 5 atom stereocenters. The Hall–Kier alpha value is -0.570. The Morgan fingerprint density at radius 1 is 1.00 bits per heavy atom. The van der Waals surface area contributed by atoms with Gasteiger partial charge in [0, 0.05) is 11.3 Å². The lowest BCUT2D eigenvalue weighted by atomic mass is 9.83. The van der Waals surface area contributed by atoms with Crippen molar-refractivity contribution in [1.29, 1.82) is 0 Å². The Kier molecular flexibility index (Phi) is 9.45. The van der Waals surface area contributed by atoms with Crippen LogP contribution in [0, 0.1) is 5.92 Å². The minimum Gasteiger partial charge on any atom is -0.392 e. The molecule has 2 rings (SSSR count). The van der Waals surface area contributed by atoms with Gasteiger partial charge in [-0.3, -0.25) is 0 Å². The first kappa shape index (κ1) is 21.7. The molecule has 0 amide bonds. The van der Waals surface area contributed by atoms with Gasteiger partial charge in [0.1, 0.15) is 0 Å². The maximum absolute atomic E-state index is 10.6. The first-order valence-electron chi connectivity index (χ1n) is 10.7. The first-order chi connectivity index (χ1) is 12.6. The third kappa shape index (κ3) is 5.97. The Balaban J connectivity index is 2.00. The van der Waals surface area contributed by atoms with Gasteiger partial charge in [0.25, 0.3) is 0 Å². The molecule has 3 heteroatoms. The quantitative estimate of drug-likeness (QED) is 0.347. The molecule has 2 N–H and O–H groups in total. The molecule has 0 saturated heterocycles. The van der Waals surface area contributed by atoms with Crippen LogP contribution in [0.5, 0.6) is 0 Å². The van der Waals surface area contributed by atoms with Gasteiger partial charge in [0.05, 0.1) is 12.2 Å². The molecule has 1 aliphatic carbocycles. The van der Waals surface area contributed by atoms with Crippen molar-refractivity contribution in [1.82, 2.24) is 0 Å². The molecule has 0 aromatic heterocycles. The van der Waals surface area contributed by atoms with E-state index in [1.807, 2.05) is 12.1 Å². The highest BCUT2D eigenvalue weighted by atomic mass is 35.5. The minimum absolute atomic E-state index is 0.0657. The van der Waals surface area contributed by atoms with Gasteiger partial charge in [-0.1, -0.05) is 83.1 Å². The van der Waals surface area contributed by atoms with Crippen LogP contribution in [-0.4, -0.2) is 21.7 Å². The molecule has 1 aromatic rings. The highest BCUT2D eigenvalue weighted by Gasteiger charge is 2.41. The maximum atomic E-state index is 10.6. The number of halogens is 1. The van der Waals surface area contributed by atoms with Crippen LogP contribution < -0.4 is 0 Å². The Bertz CT molecular complexity index is 501. The van der Waals surface area contributed by atoms with Crippen molar-refractivity contribution < 1.29 is 10.2 Å². The topological polar surface area (TPSA) is 40.5 Å². The van der Waals surface area contributed by atoms with Crippen molar-refractivity contribution >= 4 is 11.6 Å². The summed E-state index contributed by atoms with van der Waals surface area (Å²) < 4.78 is 0. The fourth-order valence-corrected chi connectivity index (χ4v) is 4.86. The number of hydrogen-bond donors (Lipinski definition) is 2. The normalized spacial score (nSPS) is 27.0. The lowest BCUT2D eigenvalue weighted by Gasteiger charge is -2.24. The lowest BCUT2D eigenvalue weighted by molar-refractivity contribution is 0.152. The van der Waals surface area contributed by atoms with Crippen LogP contribution in [0.15, 0.2) is 24.3 Å². The summed E-state index contributed by atoms with van der Waals surface area (Å²) in [5, 5.41) is 21.0. The van der Waals surface area contributed by atoms with Crippen molar-refractivity contribution in [2.45, 2.75) is 102 Å². The summed E-state index contributed by atoms with van der Waals surface area (Å²) in [6.45, 7) is 4.40. The molecule has 1 fully saturated rings. The van der Waals surface area contributed by atoms with Crippen molar-refractivity contribution in [2.24, 2.45) is 5.92 Å². The average Bonchev–Trinajstić information content (AvgIpc) is 2.92. The second-order valence-corrected chi connectivity index (χ2v) is 8.60.